The first-order valence-electron chi connectivity index (χ1n) is 20.3. The third-order valence-electron chi connectivity index (χ3n) is 11.8. The lowest BCUT2D eigenvalue weighted by Gasteiger charge is -2.34. The number of aromatic nitrogens is 2. The molecule has 4 atom stereocenters. The van der Waals surface area contributed by atoms with Gasteiger partial charge in [0.25, 0.3) is 0 Å². The van der Waals surface area contributed by atoms with Gasteiger partial charge >= 0.3 is 12.2 Å². The minimum atomic E-state index is -1.23. The van der Waals surface area contributed by atoms with Crippen LogP contribution in [0.1, 0.15) is 82.0 Å². The lowest BCUT2D eigenvalue weighted by atomic mass is 9.78. The zero-order chi connectivity index (χ0) is 42.4. The molecule has 5 N–H and O–H groups in total. The van der Waals surface area contributed by atoms with E-state index in [1.807, 2.05) is 64.1 Å². The fraction of sp³-hybridized carbons (Fsp3) is 0.512. The number of ether oxygens (including phenoxy) is 2. The first-order valence-corrected chi connectivity index (χ1v) is 20.3. The van der Waals surface area contributed by atoms with Crippen LogP contribution in [0.15, 0.2) is 54.7 Å². The number of nitrogens with one attached hydrogen (secondary N) is 4. The Labute approximate surface area is 343 Å². The lowest BCUT2D eigenvalue weighted by molar-refractivity contribution is -0.140. The van der Waals surface area contributed by atoms with Crippen molar-refractivity contribution in [3.8, 4) is 22.4 Å². The molecule has 316 valence electrons. The second-order valence-electron chi connectivity index (χ2n) is 16.5. The number of hydrogen-bond acceptors (Lipinski definition) is 9. The molecule has 5 amide bonds. The molecule has 16 heteroatoms. The molecule has 3 saturated heterocycles. The van der Waals surface area contributed by atoms with E-state index < -0.39 is 36.2 Å². The van der Waals surface area contributed by atoms with Gasteiger partial charge in [0.15, 0.2) is 5.78 Å². The van der Waals surface area contributed by atoms with Crippen LogP contribution in [0.25, 0.3) is 22.4 Å². The molecule has 0 bridgehead atoms. The first kappa shape index (κ1) is 42.8. The fourth-order valence-corrected chi connectivity index (χ4v) is 8.43. The van der Waals surface area contributed by atoms with Gasteiger partial charge in [0, 0.05) is 43.6 Å². The molecule has 1 unspecified atom stereocenters. The second-order valence-corrected chi connectivity index (χ2v) is 16.5. The topological polar surface area (TPSA) is 212 Å². The van der Waals surface area contributed by atoms with Crippen LogP contribution in [0.4, 0.5) is 9.59 Å². The van der Waals surface area contributed by atoms with E-state index in [1.54, 1.807) is 28.1 Å². The van der Waals surface area contributed by atoms with E-state index in [2.05, 4.69) is 20.9 Å². The normalized spacial score (nSPS) is 19.7. The maximum Gasteiger partial charge on any atom is 0.407 e. The highest BCUT2D eigenvalue weighted by Crippen LogP contribution is 2.43. The largest absolute Gasteiger partial charge is 0.465 e. The van der Waals surface area contributed by atoms with Crippen LogP contribution in [0.3, 0.4) is 0 Å². The van der Waals surface area contributed by atoms with E-state index in [4.69, 9.17) is 14.5 Å². The first-order chi connectivity index (χ1) is 28.2. The van der Waals surface area contributed by atoms with E-state index in [1.165, 1.54) is 7.11 Å². The van der Waals surface area contributed by atoms with Gasteiger partial charge in [0.05, 0.1) is 25.4 Å². The third kappa shape index (κ3) is 9.75. The Bertz CT molecular complexity index is 2010. The maximum absolute atomic E-state index is 13.9. The molecule has 1 aromatic heterocycles. The Morgan fingerprint density at radius 3 is 2.08 bits per heavy atom. The smallest absolute Gasteiger partial charge is 0.407 e. The van der Waals surface area contributed by atoms with E-state index in [9.17, 15) is 33.9 Å². The van der Waals surface area contributed by atoms with Gasteiger partial charge in [-0.15, -0.1) is 0 Å². The number of carbonyl (C=O) groups is 6. The molecule has 59 heavy (non-hydrogen) atoms. The number of imidazole rings is 1. The second kappa shape index (κ2) is 18.4. The van der Waals surface area contributed by atoms with Crippen LogP contribution in [-0.2, 0) is 23.9 Å². The highest BCUT2D eigenvalue weighted by molar-refractivity contribution is 6.01. The van der Waals surface area contributed by atoms with Crippen molar-refractivity contribution in [3.63, 3.8) is 0 Å². The molecule has 16 nitrogen and oxygen atoms in total. The molecule has 3 aliphatic heterocycles. The monoisotopic (exact) mass is 813 g/mol. The third-order valence-corrected chi connectivity index (χ3v) is 11.8. The van der Waals surface area contributed by atoms with Crippen LogP contribution in [0, 0.1) is 17.3 Å². The van der Waals surface area contributed by atoms with Crippen molar-refractivity contribution in [2.45, 2.75) is 84.0 Å². The van der Waals surface area contributed by atoms with Crippen molar-refractivity contribution < 1.29 is 43.3 Å². The summed E-state index contributed by atoms with van der Waals surface area (Å²) in [5.74, 6) is -1.14. The molecular weight excluding hydrogens is 759 g/mol. The van der Waals surface area contributed by atoms with Gasteiger partial charge in [-0.1, -0.05) is 76.2 Å². The Hall–Kier alpha value is -5.77. The summed E-state index contributed by atoms with van der Waals surface area (Å²) in [6, 6.07) is 12.1. The number of rotatable bonds is 13. The number of benzene rings is 2. The van der Waals surface area contributed by atoms with Gasteiger partial charge < -0.3 is 45.3 Å². The summed E-state index contributed by atoms with van der Waals surface area (Å²) in [5.41, 5.74) is 3.52. The number of carbonyl (C=O) groups excluding carboxylic acids is 5. The van der Waals surface area contributed by atoms with Crippen molar-refractivity contribution in [2.75, 3.05) is 40.0 Å². The minimum absolute atomic E-state index is 0.211. The number of Topliss-reactive ketones (excluding diaryl/α,β-unsaturated/α-hetero) is 1. The number of likely N-dealkylation sites (tertiary alicyclic amines) is 2. The molecule has 3 fully saturated rings. The Morgan fingerprint density at radius 1 is 0.881 bits per heavy atom. The Balaban J connectivity index is 1.07. The van der Waals surface area contributed by atoms with Gasteiger partial charge in [0.1, 0.15) is 23.9 Å². The van der Waals surface area contributed by atoms with Crippen LogP contribution >= 0.6 is 0 Å². The molecule has 4 heterocycles. The quantitative estimate of drug-likeness (QED) is 0.149. The van der Waals surface area contributed by atoms with Crippen molar-refractivity contribution in [1.82, 2.24) is 35.7 Å². The minimum Gasteiger partial charge on any atom is -0.465 e. The van der Waals surface area contributed by atoms with Crippen LogP contribution in [0.2, 0.25) is 0 Å². The van der Waals surface area contributed by atoms with E-state index in [-0.39, 0.29) is 47.4 Å². The molecule has 0 radical (unpaired) electrons. The van der Waals surface area contributed by atoms with Crippen molar-refractivity contribution >= 4 is 35.7 Å². The summed E-state index contributed by atoms with van der Waals surface area (Å²) in [6.45, 7) is 8.96. The van der Waals surface area contributed by atoms with Crippen molar-refractivity contribution in [2.24, 2.45) is 17.3 Å². The summed E-state index contributed by atoms with van der Waals surface area (Å²) in [4.78, 5) is 89.0. The Morgan fingerprint density at radius 2 is 1.47 bits per heavy atom. The lowest BCUT2D eigenvalue weighted by Crippen LogP contribution is -2.55. The summed E-state index contributed by atoms with van der Waals surface area (Å²) in [6.07, 6.45) is 3.18. The number of alkyl carbamates (subject to hydrolysis) is 1. The number of nitrogens with zero attached hydrogens (tertiary/aromatic N) is 3. The predicted molar refractivity (Wildman–Crippen MR) is 217 cm³/mol. The summed E-state index contributed by atoms with van der Waals surface area (Å²) in [5, 5.41) is 17.1. The Kier molecular flexibility index (Phi) is 13.4. The van der Waals surface area contributed by atoms with Gasteiger partial charge in [-0.25, -0.2) is 14.6 Å². The standard InChI is InChI=1S/C43H55N7O9/c1-25(2)35(47-41(55)56)39(53)49-18-6-7-32(49)37-44-22-31(46-37)29-12-8-27(9-13-29)28-10-14-30(15-11-28)34(51)23-45-38(52)33-21-43(16-19-59-20-17-43)24-50(33)40(54)36(26(3)4)48-42(57)58-5/h8-15,22,25-26,32-33,35-36,47H,6-7,16-21,23-24H2,1-5H3,(H,44,46)(H,45,52)(H,48,57)(H,55,56)/t32-,33?,35-,36-/m0/s1. The molecule has 3 aromatic rings. The highest BCUT2D eigenvalue weighted by Gasteiger charge is 2.50. The zero-order valence-corrected chi connectivity index (χ0v) is 34.3. The molecule has 1 spiro atoms. The van der Waals surface area contributed by atoms with Crippen molar-refractivity contribution in [1.29, 1.82) is 0 Å². The molecule has 0 saturated carbocycles. The average molecular weight is 814 g/mol. The molecule has 6 rings (SSSR count). The van der Waals surface area contributed by atoms with Crippen molar-refractivity contribution in [3.05, 3.63) is 66.1 Å². The number of methoxy groups -OCH3 is 1. The fourth-order valence-electron chi connectivity index (χ4n) is 8.43. The number of ketones is 1. The van der Waals surface area contributed by atoms with Gasteiger partial charge in [-0.3, -0.25) is 19.2 Å². The van der Waals surface area contributed by atoms with E-state index in [0.717, 1.165) is 23.1 Å². The molecule has 0 aliphatic carbocycles. The number of hydrogen-bond donors (Lipinski definition) is 5. The SMILES string of the molecule is COC(=O)N[C@H](C(=O)N1CC2(CCOCC2)CC1C(=O)NCC(=O)c1ccc(-c2ccc(-c3c[nH]c([C@@H]4CCCN4C(=O)[C@@H](NC(=O)O)C(C)C)n3)cc2)cc1)C(C)C. The molecular formula is C43H55N7O9. The number of amides is 5. The summed E-state index contributed by atoms with van der Waals surface area (Å²) in [7, 11) is 1.23. The summed E-state index contributed by atoms with van der Waals surface area (Å²) >= 11 is 0. The average Bonchev–Trinajstić information content (AvgIpc) is 4.00. The van der Waals surface area contributed by atoms with Crippen LogP contribution in [0.5, 0.6) is 0 Å². The van der Waals surface area contributed by atoms with Gasteiger partial charge in [-0.05, 0) is 60.5 Å². The van der Waals surface area contributed by atoms with Gasteiger partial charge in [0.2, 0.25) is 17.7 Å². The molecule has 2 aromatic carbocycles. The summed E-state index contributed by atoms with van der Waals surface area (Å²) < 4.78 is 10.3. The number of carboxylic acid groups (broad SMARTS) is 1. The van der Waals surface area contributed by atoms with Crippen LogP contribution in [-0.4, -0.2) is 119 Å². The number of H-pyrrole nitrogens is 1. The van der Waals surface area contributed by atoms with Crippen LogP contribution < -0.4 is 16.0 Å². The van der Waals surface area contributed by atoms with Gasteiger partial charge in [-0.2, -0.15) is 0 Å². The van der Waals surface area contributed by atoms with E-state index >= 15 is 0 Å². The highest BCUT2D eigenvalue weighted by atomic mass is 16.5. The number of aromatic amines is 1. The van der Waals surface area contributed by atoms with E-state index in [0.29, 0.717) is 69.1 Å². The maximum atomic E-state index is 13.9. The zero-order valence-electron chi connectivity index (χ0n) is 34.3. The predicted octanol–water partition coefficient (Wildman–Crippen LogP) is 4.78. The molecule has 3 aliphatic rings.